The minimum atomic E-state index is 1.11. The van der Waals surface area contributed by atoms with E-state index in [9.17, 15) is 0 Å². The van der Waals surface area contributed by atoms with E-state index in [1.165, 1.54) is 10.6 Å². The summed E-state index contributed by atoms with van der Waals surface area (Å²) in [7, 11) is 0. The van der Waals surface area contributed by atoms with Crippen LogP contribution in [0.1, 0.15) is 18.3 Å². The number of aromatic nitrogens is 2. The number of rotatable bonds is 2. The Morgan fingerprint density at radius 2 is 2.20 bits per heavy atom. The molecule has 0 spiro atoms. The maximum Gasteiger partial charge on any atom is 0.0729 e. The first-order valence-corrected chi connectivity index (χ1v) is 4.38. The molecule has 3 heteroatoms. The lowest BCUT2D eigenvalue weighted by Crippen LogP contribution is -1.76. The Labute approximate surface area is 65.4 Å². The molecule has 10 heavy (non-hydrogen) atoms. The van der Waals surface area contributed by atoms with Gasteiger partial charge < -0.3 is 0 Å². The van der Waals surface area contributed by atoms with Gasteiger partial charge in [0.05, 0.1) is 10.6 Å². The van der Waals surface area contributed by atoms with E-state index in [0.29, 0.717) is 0 Å². The second-order valence-electron chi connectivity index (χ2n) is 2.20. The van der Waals surface area contributed by atoms with Gasteiger partial charge in [0.1, 0.15) is 0 Å². The average Bonchev–Trinajstić information content (AvgIpc) is 2.20. The predicted octanol–water partition coefficient (Wildman–Crippen LogP) is 2.14. The fourth-order valence-electron chi connectivity index (χ4n) is 0.898. The summed E-state index contributed by atoms with van der Waals surface area (Å²) in [6.07, 6.45) is 0. The Morgan fingerprint density at radius 1 is 1.50 bits per heavy atom. The molecule has 0 aliphatic heterocycles. The number of aryl methyl sites for hydroxylation is 2. The molecule has 0 aliphatic carbocycles. The van der Waals surface area contributed by atoms with Crippen molar-refractivity contribution in [3.8, 4) is 0 Å². The molecule has 0 saturated carbocycles. The van der Waals surface area contributed by atoms with E-state index in [1.807, 2.05) is 18.7 Å². The maximum atomic E-state index is 4.09. The van der Waals surface area contributed by atoms with E-state index in [1.54, 1.807) is 0 Å². The first kappa shape index (κ1) is 7.66. The molecular formula is C7H12N2S. The van der Waals surface area contributed by atoms with Gasteiger partial charge in [-0.25, -0.2) is 0 Å². The first-order valence-electron chi connectivity index (χ1n) is 3.40. The van der Waals surface area contributed by atoms with Crippen molar-refractivity contribution in [1.82, 2.24) is 10.2 Å². The van der Waals surface area contributed by atoms with Gasteiger partial charge in [-0.15, -0.1) is 11.8 Å². The van der Waals surface area contributed by atoms with E-state index in [-0.39, 0.29) is 0 Å². The Morgan fingerprint density at radius 3 is 2.60 bits per heavy atom. The van der Waals surface area contributed by atoms with Crippen LogP contribution in [0, 0.1) is 13.8 Å². The molecule has 0 bridgehead atoms. The summed E-state index contributed by atoms with van der Waals surface area (Å²) in [4.78, 5) is 1.31. The largest absolute Gasteiger partial charge is 0.281 e. The van der Waals surface area contributed by atoms with E-state index in [2.05, 4.69) is 24.0 Å². The molecule has 56 valence electrons. The Balaban J connectivity index is 2.87. The average molecular weight is 156 g/mol. The third-order valence-electron chi connectivity index (χ3n) is 1.35. The number of aromatic amines is 1. The molecule has 0 saturated heterocycles. The maximum absolute atomic E-state index is 4.09. The molecule has 0 atom stereocenters. The van der Waals surface area contributed by atoms with E-state index in [0.717, 1.165) is 11.4 Å². The van der Waals surface area contributed by atoms with Crippen LogP contribution < -0.4 is 0 Å². The number of nitrogens with one attached hydrogen (secondary N) is 1. The van der Waals surface area contributed by atoms with Crippen LogP contribution in [0.5, 0.6) is 0 Å². The first-order chi connectivity index (χ1) is 4.75. The lowest BCUT2D eigenvalue weighted by molar-refractivity contribution is 1.02. The van der Waals surface area contributed by atoms with E-state index in [4.69, 9.17) is 0 Å². The van der Waals surface area contributed by atoms with Crippen LogP contribution in [0.25, 0.3) is 0 Å². The van der Waals surface area contributed by atoms with Crippen LogP contribution in [0.3, 0.4) is 0 Å². The Kier molecular flexibility index (Phi) is 2.38. The number of thioether (sulfide) groups is 1. The summed E-state index contributed by atoms with van der Waals surface area (Å²) in [6, 6.07) is 0. The SMILES string of the molecule is CCSc1c(C)n[nH]c1C. The summed E-state index contributed by atoms with van der Waals surface area (Å²) in [6.45, 7) is 6.23. The number of hydrogen-bond donors (Lipinski definition) is 1. The highest BCUT2D eigenvalue weighted by Crippen LogP contribution is 2.22. The number of nitrogens with zero attached hydrogens (tertiary/aromatic N) is 1. The highest BCUT2D eigenvalue weighted by atomic mass is 32.2. The summed E-state index contributed by atoms with van der Waals surface area (Å²) in [5.41, 5.74) is 2.30. The van der Waals surface area contributed by atoms with Gasteiger partial charge in [0.25, 0.3) is 0 Å². The molecule has 0 radical (unpaired) electrons. The van der Waals surface area contributed by atoms with Gasteiger partial charge in [0.2, 0.25) is 0 Å². The Bertz CT molecular complexity index is 198. The van der Waals surface area contributed by atoms with Crippen molar-refractivity contribution in [2.75, 3.05) is 5.75 Å². The van der Waals surface area contributed by atoms with Gasteiger partial charge in [-0.1, -0.05) is 6.92 Å². The predicted molar refractivity (Wildman–Crippen MR) is 44.5 cm³/mol. The zero-order valence-corrected chi connectivity index (χ0v) is 7.38. The number of H-pyrrole nitrogens is 1. The lowest BCUT2D eigenvalue weighted by atomic mass is 10.4. The quantitative estimate of drug-likeness (QED) is 0.664. The number of hydrogen-bond acceptors (Lipinski definition) is 2. The van der Waals surface area contributed by atoms with Crippen molar-refractivity contribution < 1.29 is 0 Å². The zero-order chi connectivity index (χ0) is 7.56. The lowest BCUT2D eigenvalue weighted by Gasteiger charge is -1.94. The van der Waals surface area contributed by atoms with Gasteiger partial charge in [0.15, 0.2) is 0 Å². The van der Waals surface area contributed by atoms with Gasteiger partial charge in [-0.3, -0.25) is 5.10 Å². The molecule has 0 fully saturated rings. The molecule has 0 aliphatic rings. The molecule has 0 aromatic carbocycles. The fraction of sp³-hybridized carbons (Fsp3) is 0.571. The fourth-order valence-corrected chi connectivity index (χ4v) is 1.70. The van der Waals surface area contributed by atoms with Crippen molar-refractivity contribution in [1.29, 1.82) is 0 Å². The second-order valence-corrected chi connectivity index (χ2v) is 3.47. The monoisotopic (exact) mass is 156 g/mol. The molecule has 2 nitrogen and oxygen atoms in total. The highest BCUT2D eigenvalue weighted by Gasteiger charge is 2.03. The second kappa shape index (κ2) is 3.10. The van der Waals surface area contributed by atoms with Crippen LogP contribution in [0.15, 0.2) is 4.90 Å². The summed E-state index contributed by atoms with van der Waals surface area (Å²) < 4.78 is 0. The molecule has 0 unspecified atom stereocenters. The van der Waals surface area contributed by atoms with Gasteiger partial charge in [-0.2, -0.15) is 5.10 Å². The van der Waals surface area contributed by atoms with Gasteiger partial charge >= 0.3 is 0 Å². The summed E-state index contributed by atoms with van der Waals surface area (Å²) in [5.74, 6) is 1.11. The zero-order valence-electron chi connectivity index (χ0n) is 6.56. The standard InChI is InChI=1S/C7H12N2S/c1-4-10-7-5(2)8-9-6(7)3/h4H2,1-3H3,(H,8,9). The van der Waals surface area contributed by atoms with Crippen LogP contribution in [0.4, 0.5) is 0 Å². The third kappa shape index (κ3) is 1.34. The summed E-state index contributed by atoms with van der Waals surface area (Å²) >= 11 is 1.84. The molecular weight excluding hydrogens is 144 g/mol. The molecule has 1 N–H and O–H groups in total. The Hall–Kier alpha value is -0.440. The molecule has 0 amide bonds. The van der Waals surface area contributed by atoms with Crippen LogP contribution in [0.2, 0.25) is 0 Å². The van der Waals surface area contributed by atoms with Crippen molar-refractivity contribution in [3.63, 3.8) is 0 Å². The van der Waals surface area contributed by atoms with Crippen molar-refractivity contribution >= 4 is 11.8 Å². The molecule has 1 aromatic rings. The van der Waals surface area contributed by atoms with Crippen molar-refractivity contribution in [3.05, 3.63) is 11.4 Å². The molecule has 1 heterocycles. The van der Waals surface area contributed by atoms with E-state index < -0.39 is 0 Å². The van der Waals surface area contributed by atoms with Crippen molar-refractivity contribution in [2.24, 2.45) is 0 Å². The van der Waals surface area contributed by atoms with Crippen LogP contribution in [-0.2, 0) is 0 Å². The van der Waals surface area contributed by atoms with E-state index >= 15 is 0 Å². The smallest absolute Gasteiger partial charge is 0.0729 e. The van der Waals surface area contributed by atoms with Crippen LogP contribution in [-0.4, -0.2) is 16.0 Å². The highest BCUT2D eigenvalue weighted by molar-refractivity contribution is 7.99. The minimum absolute atomic E-state index is 1.11. The summed E-state index contributed by atoms with van der Waals surface area (Å²) in [5, 5.41) is 7.04. The van der Waals surface area contributed by atoms with Crippen molar-refractivity contribution in [2.45, 2.75) is 25.7 Å². The van der Waals surface area contributed by atoms with Crippen LogP contribution >= 0.6 is 11.8 Å². The van der Waals surface area contributed by atoms with Gasteiger partial charge in [-0.05, 0) is 19.6 Å². The van der Waals surface area contributed by atoms with Gasteiger partial charge in [0, 0.05) is 5.69 Å². The minimum Gasteiger partial charge on any atom is -0.281 e. The molecule has 1 aromatic heterocycles. The molecule has 1 rings (SSSR count). The third-order valence-corrected chi connectivity index (χ3v) is 2.53. The topological polar surface area (TPSA) is 28.7 Å². The normalized spacial score (nSPS) is 10.3.